The first-order valence-corrected chi connectivity index (χ1v) is 3.32. The third-order valence-corrected chi connectivity index (χ3v) is 1.14. The molecule has 0 radical (unpaired) electrons. The highest BCUT2D eigenvalue weighted by atomic mass is 16.5. The van der Waals surface area contributed by atoms with Crippen LogP contribution in [0.2, 0.25) is 0 Å². The predicted octanol–water partition coefficient (Wildman–Crippen LogP) is 0.307. The zero-order chi connectivity index (χ0) is 7.98. The number of rotatable bonds is 4. The molecule has 1 atom stereocenters. The van der Waals surface area contributed by atoms with Crippen LogP contribution in [0.25, 0.3) is 0 Å². The van der Waals surface area contributed by atoms with Crippen LogP contribution in [0, 0.1) is 0 Å². The average molecular weight is 147 g/mol. The van der Waals surface area contributed by atoms with Crippen molar-refractivity contribution < 1.29 is 14.7 Å². The summed E-state index contributed by atoms with van der Waals surface area (Å²) < 4.78 is 4.62. The lowest BCUT2D eigenvalue weighted by Gasteiger charge is -2.09. The van der Waals surface area contributed by atoms with Gasteiger partial charge in [0.2, 0.25) is 0 Å². The largest absolute Gasteiger partial charge is 0.465 e. The topological polar surface area (TPSA) is 58.6 Å². The Morgan fingerprint density at radius 2 is 2.30 bits per heavy atom. The molecule has 0 aliphatic carbocycles. The lowest BCUT2D eigenvalue weighted by molar-refractivity contribution is -0.148. The molecule has 0 aromatic heterocycles. The van der Waals surface area contributed by atoms with Crippen molar-refractivity contribution in [2.24, 2.45) is 0 Å². The second kappa shape index (κ2) is 5.20. The number of carbonyl (C=O) groups is 1. The number of ether oxygens (including phenoxy) is 1. The molecule has 4 nitrogen and oxygen atoms in total. The molecule has 0 aromatic carbocycles. The molecule has 0 bridgehead atoms. The quantitative estimate of drug-likeness (QED) is 0.443. The summed E-state index contributed by atoms with van der Waals surface area (Å²) in [6.45, 7) is 3.85. The van der Waals surface area contributed by atoms with Crippen molar-refractivity contribution in [1.29, 1.82) is 0 Å². The van der Waals surface area contributed by atoms with Gasteiger partial charge in [-0.2, -0.15) is 5.48 Å². The molecule has 0 saturated heterocycles. The summed E-state index contributed by atoms with van der Waals surface area (Å²) in [5.41, 5.74) is 1.86. The molecule has 0 amide bonds. The molecule has 2 N–H and O–H groups in total. The van der Waals surface area contributed by atoms with Gasteiger partial charge >= 0.3 is 5.97 Å². The summed E-state index contributed by atoms with van der Waals surface area (Å²) in [5.74, 6) is -0.410. The highest BCUT2D eigenvalue weighted by Gasteiger charge is 2.14. The lowest BCUT2D eigenvalue weighted by atomic mass is 10.2. The SMILES string of the molecule is CCOC(=O)C(CC)NO. The normalized spacial score (nSPS) is 12.7. The molecule has 0 saturated carbocycles. The molecule has 0 rings (SSSR count). The molecule has 60 valence electrons. The van der Waals surface area contributed by atoms with E-state index in [2.05, 4.69) is 4.74 Å². The van der Waals surface area contributed by atoms with Gasteiger partial charge in [0.05, 0.1) is 6.61 Å². The molecule has 0 aliphatic heterocycles. The van der Waals surface area contributed by atoms with Crippen molar-refractivity contribution in [2.75, 3.05) is 6.61 Å². The summed E-state index contributed by atoms with van der Waals surface area (Å²) in [6.07, 6.45) is 0.523. The van der Waals surface area contributed by atoms with E-state index >= 15 is 0 Å². The molecule has 4 heteroatoms. The van der Waals surface area contributed by atoms with Crippen LogP contribution in [-0.4, -0.2) is 23.8 Å². The fourth-order valence-electron chi connectivity index (χ4n) is 0.554. The summed E-state index contributed by atoms with van der Waals surface area (Å²) in [5, 5.41) is 8.37. The van der Waals surface area contributed by atoms with Gasteiger partial charge < -0.3 is 9.94 Å². The van der Waals surface area contributed by atoms with Gasteiger partial charge in [0, 0.05) is 0 Å². The van der Waals surface area contributed by atoms with Crippen LogP contribution in [-0.2, 0) is 9.53 Å². The van der Waals surface area contributed by atoms with Crippen molar-refractivity contribution >= 4 is 5.97 Å². The smallest absolute Gasteiger partial charge is 0.325 e. The van der Waals surface area contributed by atoms with Crippen LogP contribution in [0.4, 0.5) is 0 Å². The fraction of sp³-hybridized carbons (Fsp3) is 0.833. The third kappa shape index (κ3) is 2.80. The Morgan fingerprint density at radius 3 is 2.60 bits per heavy atom. The minimum atomic E-state index is -0.583. The van der Waals surface area contributed by atoms with E-state index in [1.54, 1.807) is 13.8 Å². The first-order chi connectivity index (χ1) is 4.76. The monoisotopic (exact) mass is 147 g/mol. The van der Waals surface area contributed by atoms with Crippen molar-refractivity contribution in [3.63, 3.8) is 0 Å². The van der Waals surface area contributed by atoms with E-state index in [0.29, 0.717) is 13.0 Å². The summed E-state index contributed by atoms with van der Waals surface area (Å²) in [4.78, 5) is 10.8. The Morgan fingerprint density at radius 1 is 1.70 bits per heavy atom. The van der Waals surface area contributed by atoms with Crippen molar-refractivity contribution in [2.45, 2.75) is 26.3 Å². The highest BCUT2D eigenvalue weighted by Crippen LogP contribution is 1.92. The molecule has 1 unspecified atom stereocenters. The lowest BCUT2D eigenvalue weighted by Crippen LogP contribution is -2.35. The van der Waals surface area contributed by atoms with E-state index in [-0.39, 0.29) is 0 Å². The molecule has 0 aromatic rings. The number of hydrogen-bond donors (Lipinski definition) is 2. The standard InChI is InChI=1S/C6H13NO3/c1-3-5(7-9)6(8)10-4-2/h5,7,9H,3-4H2,1-2H3. The second-order valence-corrected chi connectivity index (χ2v) is 1.84. The van der Waals surface area contributed by atoms with Gasteiger partial charge in [0.25, 0.3) is 0 Å². The van der Waals surface area contributed by atoms with Gasteiger partial charge in [0.15, 0.2) is 0 Å². The van der Waals surface area contributed by atoms with Crippen molar-refractivity contribution in [3.05, 3.63) is 0 Å². The third-order valence-electron chi connectivity index (χ3n) is 1.14. The molecule has 0 heterocycles. The molecule has 10 heavy (non-hydrogen) atoms. The van der Waals surface area contributed by atoms with E-state index < -0.39 is 12.0 Å². The summed E-state index contributed by atoms with van der Waals surface area (Å²) in [7, 11) is 0. The molecule has 0 fully saturated rings. The Balaban J connectivity index is 3.65. The Kier molecular flexibility index (Phi) is 4.88. The first-order valence-electron chi connectivity index (χ1n) is 3.32. The van der Waals surface area contributed by atoms with E-state index in [9.17, 15) is 4.79 Å². The Labute approximate surface area is 60.1 Å². The van der Waals surface area contributed by atoms with Gasteiger partial charge in [-0.1, -0.05) is 6.92 Å². The maximum atomic E-state index is 10.8. The number of nitrogens with one attached hydrogen (secondary N) is 1. The minimum absolute atomic E-state index is 0.344. The minimum Gasteiger partial charge on any atom is -0.465 e. The van der Waals surface area contributed by atoms with Crippen LogP contribution < -0.4 is 5.48 Å². The van der Waals surface area contributed by atoms with Crippen LogP contribution >= 0.6 is 0 Å². The number of esters is 1. The van der Waals surface area contributed by atoms with Gasteiger partial charge in [-0.15, -0.1) is 0 Å². The van der Waals surface area contributed by atoms with Gasteiger partial charge in [0.1, 0.15) is 6.04 Å². The molecular formula is C6H13NO3. The highest BCUT2D eigenvalue weighted by molar-refractivity contribution is 5.75. The second-order valence-electron chi connectivity index (χ2n) is 1.84. The van der Waals surface area contributed by atoms with Crippen LogP contribution in [0.3, 0.4) is 0 Å². The Hall–Kier alpha value is -0.610. The first kappa shape index (κ1) is 9.39. The predicted molar refractivity (Wildman–Crippen MR) is 35.6 cm³/mol. The maximum Gasteiger partial charge on any atom is 0.325 e. The van der Waals surface area contributed by atoms with Crippen LogP contribution in [0.1, 0.15) is 20.3 Å². The maximum absolute atomic E-state index is 10.8. The summed E-state index contributed by atoms with van der Waals surface area (Å²) in [6, 6.07) is -0.583. The van der Waals surface area contributed by atoms with E-state index in [1.165, 1.54) is 0 Å². The van der Waals surface area contributed by atoms with E-state index in [4.69, 9.17) is 5.21 Å². The van der Waals surface area contributed by atoms with E-state index in [0.717, 1.165) is 0 Å². The number of hydrogen-bond acceptors (Lipinski definition) is 4. The number of hydroxylamine groups is 1. The van der Waals surface area contributed by atoms with Crippen LogP contribution in [0.5, 0.6) is 0 Å². The number of carbonyl (C=O) groups excluding carboxylic acids is 1. The van der Waals surface area contributed by atoms with Gasteiger partial charge in [-0.05, 0) is 13.3 Å². The van der Waals surface area contributed by atoms with E-state index in [1.807, 2.05) is 5.48 Å². The fourth-order valence-corrected chi connectivity index (χ4v) is 0.554. The van der Waals surface area contributed by atoms with Gasteiger partial charge in [-0.25, -0.2) is 0 Å². The average Bonchev–Trinajstić information content (AvgIpc) is 1.91. The zero-order valence-electron chi connectivity index (χ0n) is 6.26. The van der Waals surface area contributed by atoms with Crippen molar-refractivity contribution in [1.82, 2.24) is 5.48 Å². The van der Waals surface area contributed by atoms with Crippen LogP contribution in [0.15, 0.2) is 0 Å². The Bertz CT molecular complexity index is 101. The van der Waals surface area contributed by atoms with Gasteiger partial charge in [-0.3, -0.25) is 4.79 Å². The molecular weight excluding hydrogens is 134 g/mol. The van der Waals surface area contributed by atoms with Crippen molar-refractivity contribution in [3.8, 4) is 0 Å². The molecule has 0 aliphatic rings. The zero-order valence-corrected chi connectivity index (χ0v) is 6.26. The molecule has 0 spiro atoms. The summed E-state index contributed by atoms with van der Waals surface area (Å²) >= 11 is 0.